The van der Waals surface area contributed by atoms with Crippen LogP contribution in [-0.2, 0) is 0 Å². The van der Waals surface area contributed by atoms with Crippen molar-refractivity contribution in [1.82, 2.24) is 15.3 Å². The van der Waals surface area contributed by atoms with Crippen LogP contribution >= 0.6 is 0 Å². The van der Waals surface area contributed by atoms with Crippen LogP contribution in [0.4, 0.5) is 5.95 Å². The Morgan fingerprint density at radius 2 is 2.00 bits per heavy atom. The van der Waals surface area contributed by atoms with Crippen molar-refractivity contribution in [1.29, 1.82) is 0 Å². The zero-order valence-electron chi connectivity index (χ0n) is 12.3. The fourth-order valence-electron chi connectivity index (χ4n) is 1.80. The van der Waals surface area contributed by atoms with Crippen molar-refractivity contribution in [2.24, 2.45) is 0 Å². The molecule has 1 heterocycles. The van der Waals surface area contributed by atoms with E-state index in [1.807, 2.05) is 6.92 Å². The summed E-state index contributed by atoms with van der Waals surface area (Å²) < 4.78 is 0. The van der Waals surface area contributed by atoms with Crippen LogP contribution in [0.2, 0.25) is 0 Å². The van der Waals surface area contributed by atoms with Crippen molar-refractivity contribution in [3.63, 3.8) is 0 Å². The summed E-state index contributed by atoms with van der Waals surface area (Å²) in [6.07, 6.45) is 0. The lowest BCUT2D eigenvalue weighted by Gasteiger charge is -2.22. The van der Waals surface area contributed by atoms with Gasteiger partial charge in [0.15, 0.2) is 0 Å². The summed E-state index contributed by atoms with van der Waals surface area (Å²) in [6, 6.07) is 2.08. The summed E-state index contributed by atoms with van der Waals surface area (Å²) in [5.41, 5.74) is 2.17. The van der Waals surface area contributed by atoms with E-state index in [1.165, 1.54) is 0 Å². The first-order valence-electron chi connectivity index (χ1n) is 6.89. The molecular formula is C14H26N4. The summed E-state index contributed by atoms with van der Waals surface area (Å²) in [7, 11) is 0. The highest BCUT2D eigenvalue weighted by Gasteiger charge is 2.11. The first-order chi connectivity index (χ1) is 8.58. The molecule has 1 N–H and O–H groups in total. The van der Waals surface area contributed by atoms with Crippen LogP contribution in [0.5, 0.6) is 0 Å². The lowest BCUT2D eigenvalue weighted by atomic mass is 10.1. The molecule has 0 spiro atoms. The third-order valence-electron chi connectivity index (χ3n) is 2.93. The first kappa shape index (κ1) is 14.9. The van der Waals surface area contributed by atoms with Gasteiger partial charge in [0.05, 0.1) is 0 Å². The van der Waals surface area contributed by atoms with Gasteiger partial charge in [-0.05, 0) is 32.4 Å². The maximum absolute atomic E-state index is 4.67. The standard InChI is InChI=1S/C14H26N4/c1-6-15-8-9-18(7-2)14-16-12(5)10-13(17-14)11(3)4/h10-11,15H,6-9H2,1-5H3. The molecule has 0 aliphatic heterocycles. The Kier molecular flexibility index (Phi) is 6.05. The fourth-order valence-corrected chi connectivity index (χ4v) is 1.80. The van der Waals surface area contributed by atoms with Gasteiger partial charge in [-0.25, -0.2) is 9.97 Å². The van der Waals surface area contributed by atoms with Gasteiger partial charge >= 0.3 is 0 Å². The quantitative estimate of drug-likeness (QED) is 0.754. The second-order valence-electron chi connectivity index (χ2n) is 4.82. The van der Waals surface area contributed by atoms with E-state index in [2.05, 4.69) is 53.9 Å². The molecule has 1 aromatic heterocycles. The zero-order chi connectivity index (χ0) is 13.5. The van der Waals surface area contributed by atoms with Gasteiger partial charge in [-0.2, -0.15) is 0 Å². The second kappa shape index (κ2) is 7.31. The van der Waals surface area contributed by atoms with Crippen molar-refractivity contribution in [3.8, 4) is 0 Å². The summed E-state index contributed by atoms with van der Waals surface area (Å²) in [4.78, 5) is 11.4. The molecule has 0 radical (unpaired) electrons. The lowest BCUT2D eigenvalue weighted by molar-refractivity contribution is 0.673. The Morgan fingerprint density at radius 1 is 1.28 bits per heavy atom. The van der Waals surface area contributed by atoms with Crippen LogP contribution in [-0.4, -0.2) is 36.1 Å². The number of nitrogens with one attached hydrogen (secondary N) is 1. The lowest BCUT2D eigenvalue weighted by Crippen LogP contribution is -2.33. The molecule has 4 nitrogen and oxygen atoms in total. The molecule has 18 heavy (non-hydrogen) atoms. The van der Waals surface area contributed by atoms with Crippen LogP contribution in [0.15, 0.2) is 6.07 Å². The van der Waals surface area contributed by atoms with Crippen LogP contribution < -0.4 is 10.2 Å². The van der Waals surface area contributed by atoms with Crippen molar-refractivity contribution in [2.75, 3.05) is 31.1 Å². The monoisotopic (exact) mass is 250 g/mol. The highest BCUT2D eigenvalue weighted by molar-refractivity contribution is 5.32. The van der Waals surface area contributed by atoms with E-state index in [1.54, 1.807) is 0 Å². The molecule has 102 valence electrons. The number of hydrogen-bond donors (Lipinski definition) is 1. The molecule has 0 fully saturated rings. The minimum atomic E-state index is 0.443. The second-order valence-corrected chi connectivity index (χ2v) is 4.82. The maximum Gasteiger partial charge on any atom is 0.225 e. The first-order valence-corrected chi connectivity index (χ1v) is 6.89. The largest absolute Gasteiger partial charge is 0.340 e. The van der Waals surface area contributed by atoms with Crippen molar-refractivity contribution in [3.05, 3.63) is 17.5 Å². The Morgan fingerprint density at radius 3 is 2.56 bits per heavy atom. The number of hydrogen-bond acceptors (Lipinski definition) is 4. The van der Waals surface area contributed by atoms with Gasteiger partial charge in [0.25, 0.3) is 0 Å². The highest BCUT2D eigenvalue weighted by Crippen LogP contribution is 2.16. The smallest absolute Gasteiger partial charge is 0.225 e. The Bertz CT molecular complexity index is 363. The summed E-state index contributed by atoms with van der Waals surface area (Å²) in [5, 5.41) is 3.34. The molecule has 0 aliphatic carbocycles. The number of aryl methyl sites for hydroxylation is 1. The topological polar surface area (TPSA) is 41.0 Å². The molecule has 0 bridgehead atoms. The third-order valence-corrected chi connectivity index (χ3v) is 2.93. The predicted molar refractivity (Wildman–Crippen MR) is 77.3 cm³/mol. The maximum atomic E-state index is 4.67. The summed E-state index contributed by atoms with van der Waals surface area (Å²) >= 11 is 0. The van der Waals surface area contributed by atoms with E-state index in [-0.39, 0.29) is 0 Å². The molecule has 0 atom stereocenters. The average molecular weight is 250 g/mol. The van der Waals surface area contributed by atoms with E-state index in [0.29, 0.717) is 5.92 Å². The van der Waals surface area contributed by atoms with Gasteiger partial charge in [-0.3, -0.25) is 0 Å². The molecule has 0 amide bonds. The Hall–Kier alpha value is -1.16. The van der Waals surface area contributed by atoms with E-state index < -0.39 is 0 Å². The van der Waals surface area contributed by atoms with Crippen molar-refractivity contribution in [2.45, 2.75) is 40.5 Å². The number of anilines is 1. The molecule has 0 saturated heterocycles. The summed E-state index contributed by atoms with van der Waals surface area (Å²) in [6.45, 7) is 14.5. The Labute approximate surface area is 111 Å². The van der Waals surface area contributed by atoms with Gasteiger partial charge in [-0.1, -0.05) is 20.8 Å². The highest BCUT2D eigenvalue weighted by atomic mass is 15.3. The number of nitrogens with zero attached hydrogens (tertiary/aromatic N) is 3. The average Bonchev–Trinajstić information content (AvgIpc) is 2.34. The van der Waals surface area contributed by atoms with E-state index in [0.717, 1.165) is 43.5 Å². The molecule has 1 aromatic rings. The molecule has 0 aliphatic rings. The molecule has 0 aromatic carbocycles. The van der Waals surface area contributed by atoms with Crippen molar-refractivity contribution >= 4 is 5.95 Å². The van der Waals surface area contributed by atoms with Crippen LogP contribution in [0.25, 0.3) is 0 Å². The number of rotatable bonds is 7. The van der Waals surface area contributed by atoms with E-state index >= 15 is 0 Å². The van der Waals surface area contributed by atoms with Crippen LogP contribution in [0.1, 0.15) is 45.0 Å². The molecule has 0 saturated carbocycles. The minimum absolute atomic E-state index is 0.443. The number of likely N-dealkylation sites (N-methyl/N-ethyl adjacent to an activating group) is 2. The normalized spacial score (nSPS) is 11.0. The van der Waals surface area contributed by atoms with Crippen LogP contribution in [0, 0.1) is 6.92 Å². The van der Waals surface area contributed by atoms with Gasteiger partial charge in [-0.15, -0.1) is 0 Å². The van der Waals surface area contributed by atoms with E-state index in [4.69, 9.17) is 0 Å². The predicted octanol–water partition coefficient (Wildman–Crippen LogP) is 2.34. The van der Waals surface area contributed by atoms with Gasteiger partial charge in [0.1, 0.15) is 0 Å². The zero-order valence-corrected chi connectivity index (χ0v) is 12.3. The SMILES string of the molecule is CCNCCN(CC)c1nc(C)cc(C(C)C)n1. The third kappa shape index (κ3) is 4.26. The minimum Gasteiger partial charge on any atom is -0.340 e. The summed E-state index contributed by atoms with van der Waals surface area (Å²) in [5.74, 6) is 1.30. The molecular weight excluding hydrogens is 224 g/mol. The van der Waals surface area contributed by atoms with Crippen molar-refractivity contribution < 1.29 is 0 Å². The molecule has 4 heteroatoms. The molecule has 1 rings (SSSR count). The van der Waals surface area contributed by atoms with Crippen LogP contribution in [0.3, 0.4) is 0 Å². The van der Waals surface area contributed by atoms with Gasteiger partial charge in [0, 0.05) is 31.0 Å². The molecule has 0 unspecified atom stereocenters. The van der Waals surface area contributed by atoms with Gasteiger partial charge < -0.3 is 10.2 Å². The number of aromatic nitrogens is 2. The fraction of sp³-hybridized carbons (Fsp3) is 0.714. The van der Waals surface area contributed by atoms with Gasteiger partial charge in [0.2, 0.25) is 5.95 Å². The van der Waals surface area contributed by atoms with E-state index in [9.17, 15) is 0 Å². The Balaban J connectivity index is 2.84.